The van der Waals surface area contributed by atoms with Crippen molar-refractivity contribution in [2.75, 3.05) is 44.2 Å². The predicted molar refractivity (Wildman–Crippen MR) is 127 cm³/mol. The summed E-state index contributed by atoms with van der Waals surface area (Å²) in [5.41, 5.74) is 4.11. The van der Waals surface area contributed by atoms with Crippen LogP contribution in [0.4, 0.5) is 5.69 Å². The Morgan fingerprint density at radius 3 is 2.68 bits per heavy atom. The van der Waals surface area contributed by atoms with Crippen molar-refractivity contribution in [2.24, 2.45) is 13.0 Å². The van der Waals surface area contributed by atoms with Gasteiger partial charge in [-0.1, -0.05) is 0 Å². The smallest absolute Gasteiger partial charge is 0.240 e. The van der Waals surface area contributed by atoms with Gasteiger partial charge in [-0.2, -0.15) is 0 Å². The largest absolute Gasteiger partial charge is 0.476 e. The highest BCUT2D eigenvalue weighted by Gasteiger charge is 2.22. The van der Waals surface area contributed by atoms with Crippen LogP contribution in [0.1, 0.15) is 19.8 Å². The molecule has 3 aromatic heterocycles. The van der Waals surface area contributed by atoms with Crippen molar-refractivity contribution in [3.05, 3.63) is 30.7 Å². The van der Waals surface area contributed by atoms with Crippen molar-refractivity contribution >= 4 is 28.5 Å². The molecule has 0 spiro atoms. The van der Waals surface area contributed by atoms with Crippen molar-refractivity contribution < 1.29 is 14.3 Å². The molecule has 0 unspecified atom stereocenters. The van der Waals surface area contributed by atoms with Crippen LogP contribution in [0.25, 0.3) is 22.4 Å². The minimum atomic E-state index is 0.106. The lowest BCUT2D eigenvalue weighted by molar-refractivity contribution is -0.129. The first-order valence-electron chi connectivity index (χ1n) is 11.7. The predicted octanol–water partition coefficient (Wildman–Crippen LogP) is 1.60. The lowest BCUT2D eigenvalue weighted by Gasteiger charge is -2.35. The number of amides is 2. The number of piperazine rings is 1. The van der Waals surface area contributed by atoms with E-state index in [-0.39, 0.29) is 11.8 Å². The summed E-state index contributed by atoms with van der Waals surface area (Å²) < 4.78 is 7.99. The molecule has 0 bridgehead atoms. The Labute approximate surface area is 197 Å². The van der Waals surface area contributed by atoms with Crippen LogP contribution >= 0.6 is 0 Å². The number of anilines is 1. The Hall–Kier alpha value is -3.69. The summed E-state index contributed by atoms with van der Waals surface area (Å²) in [6.07, 6.45) is 4.94. The average Bonchev–Trinajstić information content (AvgIpc) is 3.44. The van der Waals surface area contributed by atoms with Gasteiger partial charge < -0.3 is 24.4 Å². The maximum absolute atomic E-state index is 11.6. The summed E-state index contributed by atoms with van der Waals surface area (Å²) in [5.74, 6) is 1.05. The van der Waals surface area contributed by atoms with E-state index in [1.165, 1.54) is 0 Å². The summed E-state index contributed by atoms with van der Waals surface area (Å²) in [4.78, 5) is 41.0. The Morgan fingerprint density at radius 1 is 1.18 bits per heavy atom. The van der Waals surface area contributed by atoms with Gasteiger partial charge in [-0.3, -0.25) is 14.6 Å². The van der Waals surface area contributed by atoms with E-state index in [9.17, 15) is 9.59 Å². The van der Waals surface area contributed by atoms with Crippen molar-refractivity contribution in [2.45, 2.75) is 19.8 Å². The molecule has 0 radical (unpaired) electrons. The van der Waals surface area contributed by atoms with Crippen molar-refractivity contribution in [1.82, 2.24) is 29.7 Å². The van der Waals surface area contributed by atoms with Crippen LogP contribution in [-0.4, -0.2) is 75.6 Å². The van der Waals surface area contributed by atoms with Crippen LogP contribution in [0.3, 0.4) is 0 Å². The maximum atomic E-state index is 11.6. The number of hydrogen-bond acceptors (Lipinski definition) is 7. The highest BCUT2D eigenvalue weighted by Crippen LogP contribution is 2.29. The first-order valence-corrected chi connectivity index (χ1v) is 11.7. The Morgan fingerprint density at radius 2 is 2.00 bits per heavy atom. The second kappa shape index (κ2) is 9.28. The highest BCUT2D eigenvalue weighted by molar-refractivity contribution is 5.84. The molecule has 0 aromatic carbocycles. The summed E-state index contributed by atoms with van der Waals surface area (Å²) in [6, 6.07) is 5.93. The quantitative estimate of drug-likeness (QED) is 0.592. The van der Waals surface area contributed by atoms with Gasteiger partial charge in [0, 0.05) is 53.1 Å². The zero-order valence-corrected chi connectivity index (χ0v) is 19.5. The van der Waals surface area contributed by atoms with Crippen LogP contribution < -0.4 is 15.0 Å². The highest BCUT2D eigenvalue weighted by atomic mass is 16.5. The van der Waals surface area contributed by atoms with Crippen LogP contribution in [0, 0.1) is 5.92 Å². The van der Waals surface area contributed by atoms with E-state index in [4.69, 9.17) is 9.72 Å². The van der Waals surface area contributed by atoms with E-state index in [1.807, 2.05) is 40.9 Å². The van der Waals surface area contributed by atoms with E-state index in [0.717, 1.165) is 55.0 Å². The molecule has 5 rings (SSSR count). The Bertz CT molecular complexity index is 1200. The molecule has 2 fully saturated rings. The molecule has 1 N–H and O–H groups in total. The zero-order chi connectivity index (χ0) is 23.7. The lowest BCUT2D eigenvalue weighted by atomic mass is 10.1. The van der Waals surface area contributed by atoms with E-state index < -0.39 is 0 Å². The number of pyridine rings is 2. The number of imidazole rings is 1. The molecule has 2 amide bonds. The summed E-state index contributed by atoms with van der Waals surface area (Å²) >= 11 is 0. The van der Waals surface area contributed by atoms with Crippen LogP contribution in [0.5, 0.6) is 5.88 Å². The van der Waals surface area contributed by atoms with Crippen molar-refractivity contribution in [1.29, 1.82) is 0 Å². The average molecular weight is 464 g/mol. The molecule has 0 saturated carbocycles. The van der Waals surface area contributed by atoms with Crippen LogP contribution in [-0.2, 0) is 16.6 Å². The monoisotopic (exact) mass is 463 g/mol. The number of aromatic nitrogens is 4. The van der Waals surface area contributed by atoms with Crippen molar-refractivity contribution in [3.8, 4) is 17.3 Å². The molecule has 34 heavy (non-hydrogen) atoms. The summed E-state index contributed by atoms with van der Waals surface area (Å²) in [5, 5.41) is 2.87. The summed E-state index contributed by atoms with van der Waals surface area (Å²) in [6.45, 7) is 5.83. The third kappa shape index (κ3) is 4.52. The van der Waals surface area contributed by atoms with E-state index in [2.05, 4.69) is 20.2 Å². The molecule has 2 aliphatic rings. The van der Waals surface area contributed by atoms with E-state index >= 15 is 0 Å². The molecule has 2 aliphatic heterocycles. The van der Waals surface area contributed by atoms with E-state index in [1.54, 1.807) is 13.3 Å². The first kappa shape index (κ1) is 22.1. The minimum absolute atomic E-state index is 0.106. The number of fused-ring (bicyclic) bond motifs is 1. The van der Waals surface area contributed by atoms with Gasteiger partial charge in [0.2, 0.25) is 17.7 Å². The number of ether oxygens (including phenoxy) is 1. The fourth-order valence-corrected chi connectivity index (χ4v) is 4.57. The van der Waals surface area contributed by atoms with Gasteiger partial charge in [0.15, 0.2) is 0 Å². The number of nitrogens with zero attached hydrogens (tertiary/aromatic N) is 6. The molecule has 10 heteroatoms. The molecule has 3 aromatic rings. The first-order chi connectivity index (χ1) is 16.5. The SMILES string of the molecule is CC(=O)N1CCN(c2ccc(-c3cc4ncn(C)c4c(OCC[C@H]4CNC(=O)C4)n3)nc2)CC1. The van der Waals surface area contributed by atoms with Gasteiger partial charge in [-0.25, -0.2) is 9.97 Å². The second-order valence-corrected chi connectivity index (χ2v) is 8.94. The fourth-order valence-electron chi connectivity index (χ4n) is 4.57. The van der Waals surface area contributed by atoms with Gasteiger partial charge >= 0.3 is 0 Å². The number of carbonyl (C=O) groups excluding carboxylic acids is 2. The molecular weight excluding hydrogens is 434 g/mol. The third-order valence-corrected chi connectivity index (χ3v) is 6.59. The third-order valence-electron chi connectivity index (χ3n) is 6.59. The van der Waals surface area contributed by atoms with Crippen LogP contribution in [0.15, 0.2) is 30.7 Å². The van der Waals surface area contributed by atoms with Crippen molar-refractivity contribution in [3.63, 3.8) is 0 Å². The maximum Gasteiger partial charge on any atom is 0.240 e. The topological polar surface area (TPSA) is 105 Å². The summed E-state index contributed by atoms with van der Waals surface area (Å²) in [7, 11) is 1.92. The zero-order valence-electron chi connectivity index (χ0n) is 19.5. The molecule has 5 heterocycles. The lowest BCUT2D eigenvalue weighted by Crippen LogP contribution is -2.48. The fraction of sp³-hybridized carbons (Fsp3) is 0.458. The molecule has 2 saturated heterocycles. The Balaban J connectivity index is 1.32. The number of hydrogen-bond donors (Lipinski definition) is 1. The molecule has 178 valence electrons. The normalized spacial score (nSPS) is 18.4. The standard InChI is InChI=1S/C24H29N7O3/c1-16(32)30-6-8-31(9-7-30)18-3-4-19(25-14-18)20-12-21-23(29(2)15-27-21)24(28-20)34-10-5-17-11-22(33)26-13-17/h3-4,12,14-15,17H,5-11,13H2,1-2H3,(H,26,33)/t17-/m1/s1. The van der Waals surface area contributed by atoms with Gasteiger partial charge in [0.1, 0.15) is 5.52 Å². The number of aryl methyl sites for hydroxylation is 1. The van der Waals surface area contributed by atoms with Crippen LogP contribution in [0.2, 0.25) is 0 Å². The molecule has 10 nitrogen and oxygen atoms in total. The van der Waals surface area contributed by atoms with Gasteiger partial charge in [-0.05, 0) is 30.5 Å². The number of carbonyl (C=O) groups is 2. The van der Waals surface area contributed by atoms with Gasteiger partial charge in [-0.15, -0.1) is 0 Å². The number of nitrogens with one attached hydrogen (secondary N) is 1. The molecule has 1 atom stereocenters. The Kier molecular flexibility index (Phi) is 6.04. The minimum Gasteiger partial charge on any atom is -0.476 e. The van der Waals surface area contributed by atoms with Gasteiger partial charge in [0.05, 0.1) is 41.7 Å². The van der Waals surface area contributed by atoms with Gasteiger partial charge in [0.25, 0.3) is 0 Å². The number of rotatable bonds is 6. The molecular formula is C24H29N7O3. The van der Waals surface area contributed by atoms with E-state index in [0.29, 0.717) is 37.1 Å². The molecule has 0 aliphatic carbocycles. The second-order valence-electron chi connectivity index (χ2n) is 8.94.